The van der Waals surface area contributed by atoms with E-state index in [1.165, 1.54) is 16.7 Å². The van der Waals surface area contributed by atoms with Crippen molar-refractivity contribution in [3.63, 3.8) is 0 Å². The molecule has 1 aromatic carbocycles. The normalized spacial score (nSPS) is 12.5. The van der Waals surface area contributed by atoms with E-state index in [9.17, 15) is 0 Å². The summed E-state index contributed by atoms with van der Waals surface area (Å²) in [5.41, 5.74) is 5.83. The van der Waals surface area contributed by atoms with Gasteiger partial charge in [0.05, 0.1) is 17.4 Å². The topological polar surface area (TPSA) is 25.8 Å². The first-order valence-corrected chi connectivity index (χ1v) is 7.50. The van der Waals surface area contributed by atoms with Gasteiger partial charge in [0.2, 0.25) is 0 Å². The number of aromatic nitrogens is 2. The molecule has 2 heterocycles. The van der Waals surface area contributed by atoms with E-state index in [2.05, 4.69) is 61.1 Å². The van der Waals surface area contributed by atoms with Gasteiger partial charge in [-0.1, -0.05) is 31.5 Å². The Balaban J connectivity index is 2.11. The van der Waals surface area contributed by atoms with Crippen molar-refractivity contribution in [2.24, 2.45) is 0 Å². The summed E-state index contributed by atoms with van der Waals surface area (Å²) in [4.78, 5) is 8.91. The van der Waals surface area contributed by atoms with Crippen LogP contribution in [0.15, 0.2) is 48.8 Å². The van der Waals surface area contributed by atoms with Crippen LogP contribution in [0.25, 0.3) is 22.2 Å². The number of hydrogen-bond acceptors (Lipinski definition) is 2. The third-order valence-corrected chi connectivity index (χ3v) is 4.07. The number of aryl methyl sites for hydroxylation is 1. The lowest BCUT2D eigenvalue weighted by Crippen LogP contribution is -1.94. The van der Waals surface area contributed by atoms with Gasteiger partial charge in [-0.05, 0) is 49.1 Å². The summed E-state index contributed by atoms with van der Waals surface area (Å²) in [6.45, 7) is 6.65. The van der Waals surface area contributed by atoms with Gasteiger partial charge in [0.25, 0.3) is 0 Å². The largest absolute Gasteiger partial charge is 0.255 e. The highest BCUT2D eigenvalue weighted by molar-refractivity contribution is 5.82. The van der Waals surface area contributed by atoms with Gasteiger partial charge in [-0.15, -0.1) is 0 Å². The maximum atomic E-state index is 4.58. The average molecular weight is 276 g/mol. The van der Waals surface area contributed by atoms with Gasteiger partial charge in [0.15, 0.2) is 0 Å². The molecule has 0 spiro atoms. The molecule has 2 nitrogen and oxygen atoms in total. The summed E-state index contributed by atoms with van der Waals surface area (Å²) in [6.07, 6.45) is 4.81. The summed E-state index contributed by atoms with van der Waals surface area (Å²) in [7, 11) is 0. The molecular weight excluding hydrogens is 256 g/mol. The fourth-order valence-electron chi connectivity index (χ4n) is 2.61. The summed E-state index contributed by atoms with van der Waals surface area (Å²) in [5.74, 6) is 0.575. The van der Waals surface area contributed by atoms with Crippen LogP contribution in [0.3, 0.4) is 0 Å². The summed E-state index contributed by atoms with van der Waals surface area (Å²) in [6, 6.07) is 12.9. The fourth-order valence-corrected chi connectivity index (χ4v) is 2.61. The first-order valence-electron chi connectivity index (χ1n) is 7.50. The number of pyridine rings is 2. The zero-order chi connectivity index (χ0) is 14.8. The monoisotopic (exact) mass is 276 g/mol. The maximum absolute atomic E-state index is 4.58. The molecule has 0 radical (unpaired) electrons. The van der Waals surface area contributed by atoms with E-state index in [1.807, 2.05) is 12.3 Å². The van der Waals surface area contributed by atoms with Gasteiger partial charge >= 0.3 is 0 Å². The molecule has 0 aliphatic heterocycles. The molecule has 0 saturated carbocycles. The van der Waals surface area contributed by atoms with Gasteiger partial charge in [0, 0.05) is 17.1 Å². The molecule has 0 amide bonds. The highest BCUT2D eigenvalue weighted by Crippen LogP contribution is 2.27. The van der Waals surface area contributed by atoms with Crippen molar-refractivity contribution in [3.8, 4) is 11.3 Å². The van der Waals surface area contributed by atoms with E-state index in [-0.39, 0.29) is 0 Å². The van der Waals surface area contributed by atoms with Crippen molar-refractivity contribution < 1.29 is 0 Å². The van der Waals surface area contributed by atoms with E-state index >= 15 is 0 Å². The molecule has 3 rings (SSSR count). The number of fused-ring (bicyclic) bond motifs is 1. The third kappa shape index (κ3) is 2.80. The van der Waals surface area contributed by atoms with Crippen LogP contribution in [0, 0.1) is 6.92 Å². The summed E-state index contributed by atoms with van der Waals surface area (Å²) >= 11 is 0. The minimum absolute atomic E-state index is 0.575. The Morgan fingerprint density at radius 3 is 2.76 bits per heavy atom. The molecule has 21 heavy (non-hydrogen) atoms. The fraction of sp³-hybridized carbons (Fsp3) is 0.263. The average Bonchev–Trinajstić information content (AvgIpc) is 2.53. The lowest BCUT2D eigenvalue weighted by atomic mass is 9.94. The first-order chi connectivity index (χ1) is 10.2. The molecule has 2 heteroatoms. The predicted octanol–water partition coefficient (Wildman–Crippen LogP) is 5.12. The molecule has 2 aromatic heterocycles. The maximum Gasteiger partial charge on any atom is 0.0885 e. The van der Waals surface area contributed by atoms with Crippen molar-refractivity contribution in [2.45, 2.75) is 33.1 Å². The van der Waals surface area contributed by atoms with E-state index in [0.717, 1.165) is 23.0 Å². The molecule has 1 unspecified atom stereocenters. The van der Waals surface area contributed by atoms with E-state index in [1.54, 1.807) is 6.20 Å². The van der Waals surface area contributed by atoms with Crippen molar-refractivity contribution in [1.29, 1.82) is 0 Å². The SMILES string of the molecule is CCC(C)c1cc(C)cc(-c2cc3cccnc3cn2)c1. The Morgan fingerprint density at radius 1 is 1.10 bits per heavy atom. The molecular formula is C19H20N2. The lowest BCUT2D eigenvalue weighted by Gasteiger charge is -2.12. The molecule has 0 bridgehead atoms. The second-order valence-corrected chi connectivity index (χ2v) is 5.71. The van der Waals surface area contributed by atoms with Crippen molar-refractivity contribution in [3.05, 3.63) is 59.9 Å². The predicted molar refractivity (Wildman–Crippen MR) is 88.4 cm³/mol. The summed E-state index contributed by atoms with van der Waals surface area (Å²) < 4.78 is 0. The van der Waals surface area contributed by atoms with Crippen LogP contribution in [-0.2, 0) is 0 Å². The molecule has 0 fully saturated rings. The van der Waals surface area contributed by atoms with Crippen molar-refractivity contribution in [2.75, 3.05) is 0 Å². The Labute approximate surface area is 125 Å². The molecule has 106 valence electrons. The minimum Gasteiger partial charge on any atom is -0.255 e. The molecule has 0 aliphatic rings. The van der Waals surface area contributed by atoms with E-state index in [4.69, 9.17) is 0 Å². The minimum atomic E-state index is 0.575. The van der Waals surface area contributed by atoms with Crippen LogP contribution in [0.2, 0.25) is 0 Å². The van der Waals surface area contributed by atoms with Crippen LogP contribution in [-0.4, -0.2) is 9.97 Å². The highest BCUT2D eigenvalue weighted by atomic mass is 14.7. The van der Waals surface area contributed by atoms with Crippen LogP contribution in [0.1, 0.15) is 37.3 Å². The van der Waals surface area contributed by atoms with Crippen LogP contribution < -0.4 is 0 Å². The van der Waals surface area contributed by atoms with Gasteiger partial charge in [-0.2, -0.15) is 0 Å². The van der Waals surface area contributed by atoms with Crippen LogP contribution >= 0.6 is 0 Å². The second-order valence-electron chi connectivity index (χ2n) is 5.71. The van der Waals surface area contributed by atoms with Gasteiger partial charge < -0.3 is 0 Å². The second kappa shape index (κ2) is 5.65. The first kappa shape index (κ1) is 13.7. The smallest absolute Gasteiger partial charge is 0.0885 e. The lowest BCUT2D eigenvalue weighted by molar-refractivity contribution is 0.733. The Bertz CT molecular complexity index is 777. The van der Waals surface area contributed by atoms with Gasteiger partial charge in [-0.3, -0.25) is 9.97 Å². The van der Waals surface area contributed by atoms with Crippen molar-refractivity contribution >= 4 is 10.9 Å². The molecule has 3 aromatic rings. The molecule has 1 atom stereocenters. The van der Waals surface area contributed by atoms with Gasteiger partial charge in [-0.25, -0.2) is 0 Å². The van der Waals surface area contributed by atoms with E-state index in [0.29, 0.717) is 5.92 Å². The third-order valence-electron chi connectivity index (χ3n) is 4.07. The van der Waals surface area contributed by atoms with Crippen LogP contribution in [0.5, 0.6) is 0 Å². The van der Waals surface area contributed by atoms with E-state index < -0.39 is 0 Å². The zero-order valence-electron chi connectivity index (χ0n) is 12.8. The number of benzene rings is 1. The Morgan fingerprint density at radius 2 is 1.95 bits per heavy atom. The number of nitrogens with zero attached hydrogens (tertiary/aromatic N) is 2. The Kier molecular flexibility index (Phi) is 3.70. The quantitative estimate of drug-likeness (QED) is 0.663. The molecule has 0 aliphatic carbocycles. The Hall–Kier alpha value is -2.22. The van der Waals surface area contributed by atoms with Crippen molar-refractivity contribution in [1.82, 2.24) is 9.97 Å². The molecule has 0 N–H and O–H groups in total. The zero-order valence-corrected chi connectivity index (χ0v) is 12.8. The highest BCUT2D eigenvalue weighted by Gasteiger charge is 2.08. The van der Waals surface area contributed by atoms with Crippen LogP contribution in [0.4, 0.5) is 0 Å². The standard InChI is InChI=1S/C19H20N2/c1-4-14(3)16-8-13(2)9-17(10-16)18-11-15-6-5-7-20-19(15)12-21-18/h5-12,14H,4H2,1-3H3. The summed E-state index contributed by atoms with van der Waals surface area (Å²) in [5, 5.41) is 1.13. The van der Waals surface area contributed by atoms with Gasteiger partial charge in [0.1, 0.15) is 0 Å². The number of rotatable bonds is 3. The number of hydrogen-bond donors (Lipinski definition) is 0. The molecule has 0 saturated heterocycles.